The molecule has 20 heavy (non-hydrogen) atoms. The monoisotopic (exact) mass is 270 g/mol. The van der Waals surface area contributed by atoms with E-state index in [1.165, 1.54) is 11.8 Å². The molecule has 2 aromatic rings. The number of aromatic nitrogens is 1. The molecule has 2 atom stereocenters. The van der Waals surface area contributed by atoms with Gasteiger partial charge in [0.2, 0.25) is 5.91 Å². The molecule has 0 bridgehead atoms. The summed E-state index contributed by atoms with van der Waals surface area (Å²) in [5, 5.41) is 1.20. The second kappa shape index (κ2) is 5.31. The first-order valence-corrected chi connectivity index (χ1v) is 7.45. The van der Waals surface area contributed by atoms with Gasteiger partial charge in [-0.1, -0.05) is 32.0 Å². The van der Waals surface area contributed by atoms with Crippen molar-refractivity contribution < 1.29 is 4.79 Å². The number of benzene rings is 1. The number of rotatable bonds is 2. The molecule has 0 radical (unpaired) electrons. The second-order valence-corrected chi connectivity index (χ2v) is 6.25. The lowest BCUT2D eigenvalue weighted by Gasteiger charge is -2.35. The molecule has 1 aromatic heterocycles. The van der Waals surface area contributed by atoms with E-state index >= 15 is 0 Å². The fourth-order valence-electron chi connectivity index (χ4n) is 3.39. The molecular formula is C17H22N2O. The fourth-order valence-corrected chi connectivity index (χ4v) is 3.39. The van der Waals surface area contributed by atoms with E-state index in [-0.39, 0.29) is 5.91 Å². The topological polar surface area (TPSA) is 25.2 Å². The Balaban J connectivity index is 1.75. The highest BCUT2D eigenvalue weighted by Crippen LogP contribution is 2.22. The molecule has 1 aliphatic heterocycles. The fraction of sp³-hybridized carbons (Fsp3) is 0.471. The number of fused-ring (bicyclic) bond motifs is 1. The third-order valence-corrected chi connectivity index (χ3v) is 4.21. The van der Waals surface area contributed by atoms with Crippen molar-refractivity contribution in [2.75, 3.05) is 13.1 Å². The summed E-state index contributed by atoms with van der Waals surface area (Å²) >= 11 is 0. The zero-order chi connectivity index (χ0) is 14.1. The van der Waals surface area contributed by atoms with Crippen LogP contribution in [0.5, 0.6) is 0 Å². The standard InChI is InChI=1S/C17H22N2O/c1-13-9-14(2)11-19(10-13)17(20)12-18-8-7-15-5-3-4-6-16(15)18/h3-8,13-14H,9-12H2,1-2H3/t13-,14-/m0/s1. The van der Waals surface area contributed by atoms with Crippen LogP contribution in [-0.2, 0) is 11.3 Å². The van der Waals surface area contributed by atoms with Gasteiger partial charge < -0.3 is 9.47 Å². The summed E-state index contributed by atoms with van der Waals surface area (Å²) in [5.41, 5.74) is 1.14. The Morgan fingerprint density at radius 3 is 2.60 bits per heavy atom. The molecule has 1 saturated heterocycles. The Bertz CT molecular complexity index is 606. The third kappa shape index (κ3) is 2.58. The van der Waals surface area contributed by atoms with Crippen molar-refractivity contribution in [3.8, 4) is 0 Å². The SMILES string of the molecule is C[C@H]1C[C@H](C)CN(C(=O)Cn2ccc3ccccc32)C1. The number of hydrogen-bond acceptors (Lipinski definition) is 1. The molecule has 2 heterocycles. The molecule has 1 aromatic carbocycles. The quantitative estimate of drug-likeness (QED) is 0.823. The van der Waals surface area contributed by atoms with E-state index < -0.39 is 0 Å². The lowest BCUT2D eigenvalue weighted by atomic mass is 9.92. The zero-order valence-corrected chi connectivity index (χ0v) is 12.2. The molecule has 3 heteroatoms. The van der Waals surface area contributed by atoms with Crippen molar-refractivity contribution in [2.24, 2.45) is 11.8 Å². The number of para-hydroxylation sites is 1. The number of piperidine rings is 1. The number of carbonyl (C=O) groups is 1. The van der Waals surface area contributed by atoms with Gasteiger partial charge in [0, 0.05) is 24.8 Å². The van der Waals surface area contributed by atoms with Gasteiger partial charge in [0.1, 0.15) is 6.54 Å². The van der Waals surface area contributed by atoms with Gasteiger partial charge >= 0.3 is 0 Å². The normalized spacial score (nSPS) is 23.2. The first-order chi connectivity index (χ1) is 9.63. The van der Waals surface area contributed by atoms with E-state index in [1.807, 2.05) is 23.2 Å². The van der Waals surface area contributed by atoms with Gasteiger partial charge in [-0.2, -0.15) is 0 Å². The van der Waals surface area contributed by atoms with Crippen LogP contribution in [0.15, 0.2) is 36.5 Å². The summed E-state index contributed by atoms with van der Waals surface area (Å²) in [7, 11) is 0. The van der Waals surface area contributed by atoms with Gasteiger partial charge in [0.15, 0.2) is 0 Å². The average Bonchev–Trinajstić information content (AvgIpc) is 2.81. The van der Waals surface area contributed by atoms with E-state index in [0.29, 0.717) is 18.4 Å². The molecule has 106 valence electrons. The van der Waals surface area contributed by atoms with Crippen LogP contribution in [-0.4, -0.2) is 28.5 Å². The van der Waals surface area contributed by atoms with Gasteiger partial charge in [-0.15, -0.1) is 0 Å². The van der Waals surface area contributed by atoms with E-state index in [2.05, 4.69) is 36.6 Å². The van der Waals surface area contributed by atoms with Crippen LogP contribution in [0.25, 0.3) is 10.9 Å². The molecular weight excluding hydrogens is 248 g/mol. The van der Waals surface area contributed by atoms with Crippen molar-refractivity contribution in [3.05, 3.63) is 36.5 Å². The van der Waals surface area contributed by atoms with Crippen LogP contribution < -0.4 is 0 Å². The second-order valence-electron chi connectivity index (χ2n) is 6.25. The molecule has 0 saturated carbocycles. The molecule has 1 amide bonds. The van der Waals surface area contributed by atoms with Crippen LogP contribution in [0.1, 0.15) is 20.3 Å². The summed E-state index contributed by atoms with van der Waals surface area (Å²) in [6, 6.07) is 10.3. The lowest BCUT2D eigenvalue weighted by Crippen LogP contribution is -2.43. The minimum Gasteiger partial charge on any atom is -0.341 e. The number of amides is 1. The number of nitrogens with zero attached hydrogens (tertiary/aromatic N) is 2. The first-order valence-electron chi connectivity index (χ1n) is 7.45. The van der Waals surface area contributed by atoms with Crippen molar-refractivity contribution >= 4 is 16.8 Å². The molecule has 0 aliphatic carbocycles. The zero-order valence-electron chi connectivity index (χ0n) is 12.2. The average molecular weight is 270 g/mol. The number of carbonyl (C=O) groups excluding carboxylic acids is 1. The predicted molar refractivity (Wildman–Crippen MR) is 81.5 cm³/mol. The number of hydrogen-bond donors (Lipinski definition) is 0. The molecule has 0 unspecified atom stereocenters. The van der Waals surface area contributed by atoms with Crippen LogP contribution in [0.3, 0.4) is 0 Å². The van der Waals surface area contributed by atoms with Gasteiger partial charge in [-0.25, -0.2) is 0 Å². The van der Waals surface area contributed by atoms with Crippen molar-refractivity contribution in [3.63, 3.8) is 0 Å². The molecule has 3 nitrogen and oxygen atoms in total. The third-order valence-electron chi connectivity index (χ3n) is 4.21. The van der Waals surface area contributed by atoms with Gasteiger partial charge in [-0.3, -0.25) is 4.79 Å². The van der Waals surface area contributed by atoms with Crippen LogP contribution in [0.2, 0.25) is 0 Å². The highest BCUT2D eigenvalue weighted by molar-refractivity contribution is 5.83. The first kappa shape index (κ1) is 13.2. The van der Waals surface area contributed by atoms with Gasteiger partial charge in [-0.05, 0) is 35.8 Å². The minimum atomic E-state index is 0.241. The van der Waals surface area contributed by atoms with Crippen LogP contribution in [0.4, 0.5) is 0 Å². The lowest BCUT2D eigenvalue weighted by molar-refractivity contribution is -0.134. The van der Waals surface area contributed by atoms with Crippen molar-refractivity contribution in [2.45, 2.75) is 26.8 Å². The summed E-state index contributed by atoms with van der Waals surface area (Å²) < 4.78 is 2.06. The maximum atomic E-state index is 12.5. The largest absolute Gasteiger partial charge is 0.341 e. The Kier molecular flexibility index (Phi) is 3.51. The molecule has 0 N–H and O–H groups in total. The Morgan fingerprint density at radius 1 is 1.15 bits per heavy atom. The Morgan fingerprint density at radius 2 is 1.85 bits per heavy atom. The minimum absolute atomic E-state index is 0.241. The van der Waals surface area contributed by atoms with Crippen molar-refractivity contribution in [1.29, 1.82) is 0 Å². The highest BCUT2D eigenvalue weighted by Gasteiger charge is 2.25. The summed E-state index contributed by atoms with van der Waals surface area (Å²) in [4.78, 5) is 14.5. The highest BCUT2D eigenvalue weighted by atomic mass is 16.2. The summed E-state index contributed by atoms with van der Waals surface area (Å²) in [6.07, 6.45) is 3.25. The van der Waals surface area contributed by atoms with E-state index in [9.17, 15) is 4.79 Å². The van der Waals surface area contributed by atoms with E-state index in [4.69, 9.17) is 0 Å². The van der Waals surface area contributed by atoms with Crippen LogP contribution >= 0.6 is 0 Å². The van der Waals surface area contributed by atoms with Crippen LogP contribution in [0, 0.1) is 11.8 Å². The number of likely N-dealkylation sites (tertiary alicyclic amines) is 1. The van der Waals surface area contributed by atoms with Gasteiger partial charge in [0.25, 0.3) is 0 Å². The molecule has 1 fully saturated rings. The summed E-state index contributed by atoms with van der Waals surface area (Å²) in [6.45, 7) is 6.74. The summed E-state index contributed by atoms with van der Waals surface area (Å²) in [5.74, 6) is 1.47. The maximum absolute atomic E-state index is 12.5. The Hall–Kier alpha value is -1.77. The molecule has 1 aliphatic rings. The molecule has 3 rings (SSSR count). The smallest absolute Gasteiger partial charge is 0.242 e. The van der Waals surface area contributed by atoms with E-state index in [1.54, 1.807) is 0 Å². The van der Waals surface area contributed by atoms with Gasteiger partial charge in [0.05, 0.1) is 0 Å². The predicted octanol–water partition coefficient (Wildman–Crippen LogP) is 3.15. The Labute approximate surface area is 120 Å². The van der Waals surface area contributed by atoms with E-state index in [0.717, 1.165) is 18.6 Å². The molecule has 0 spiro atoms. The maximum Gasteiger partial charge on any atom is 0.242 e. The van der Waals surface area contributed by atoms with Crippen molar-refractivity contribution in [1.82, 2.24) is 9.47 Å².